The van der Waals surface area contributed by atoms with Crippen molar-refractivity contribution in [2.45, 2.75) is 0 Å². The van der Waals surface area contributed by atoms with Crippen molar-refractivity contribution in [2.24, 2.45) is 5.10 Å². The molecule has 0 spiro atoms. The van der Waals surface area contributed by atoms with Crippen LogP contribution in [0.3, 0.4) is 0 Å². The van der Waals surface area contributed by atoms with Gasteiger partial charge >= 0.3 is 0 Å². The monoisotopic (exact) mass is 349 g/mol. The minimum Gasteiger partial charge on any atom is -0.290 e. The van der Waals surface area contributed by atoms with Crippen LogP contribution >= 0.6 is 11.6 Å². The number of hydrogen-bond donors (Lipinski definition) is 2. The Kier molecular flexibility index (Phi) is 4.88. The molecular formula is C18H12ClN5O. The molecule has 0 saturated heterocycles. The Hall–Kier alpha value is -3.43. The highest BCUT2D eigenvalue weighted by Gasteiger charge is 2.12. The Bertz CT molecular complexity index is 1000. The summed E-state index contributed by atoms with van der Waals surface area (Å²) in [6, 6.07) is 18.0. The number of nitrogens with zero attached hydrogens (tertiary/aromatic N) is 3. The summed E-state index contributed by atoms with van der Waals surface area (Å²) in [5, 5.41) is 13.9. The zero-order valence-electron chi connectivity index (χ0n) is 12.9. The summed E-state index contributed by atoms with van der Waals surface area (Å²) in [5.41, 5.74) is 3.91. The van der Waals surface area contributed by atoms with Crippen LogP contribution in [0, 0.1) is 11.3 Å². The van der Waals surface area contributed by atoms with E-state index in [2.05, 4.69) is 20.5 Å². The van der Waals surface area contributed by atoms with E-state index < -0.39 is 5.56 Å². The van der Waals surface area contributed by atoms with E-state index in [9.17, 15) is 10.1 Å². The average Bonchev–Trinajstić information content (AvgIpc) is 2.64. The predicted octanol–water partition coefficient (Wildman–Crippen LogP) is 3.41. The number of aromatic amines is 1. The van der Waals surface area contributed by atoms with Gasteiger partial charge < -0.3 is 0 Å². The molecular weight excluding hydrogens is 338 g/mol. The van der Waals surface area contributed by atoms with E-state index in [0.29, 0.717) is 16.3 Å². The maximum atomic E-state index is 12.1. The number of hydrazone groups is 1. The summed E-state index contributed by atoms with van der Waals surface area (Å²) < 4.78 is 0. The summed E-state index contributed by atoms with van der Waals surface area (Å²) in [7, 11) is 0. The van der Waals surface area contributed by atoms with Gasteiger partial charge in [0.1, 0.15) is 11.6 Å². The minimum absolute atomic E-state index is 0.0431. The molecule has 2 aromatic carbocycles. The van der Waals surface area contributed by atoms with Crippen LogP contribution in [-0.4, -0.2) is 16.2 Å². The van der Waals surface area contributed by atoms with E-state index in [1.807, 2.05) is 24.3 Å². The summed E-state index contributed by atoms with van der Waals surface area (Å²) in [4.78, 5) is 18.9. The first-order valence-electron chi connectivity index (χ1n) is 7.32. The second-order valence-corrected chi connectivity index (χ2v) is 5.47. The van der Waals surface area contributed by atoms with E-state index in [4.69, 9.17) is 11.6 Å². The van der Waals surface area contributed by atoms with Crippen molar-refractivity contribution in [3.8, 4) is 17.3 Å². The SMILES string of the molecule is N#Cc1c(-c2ccccc2)nc(NN=Cc2ccc(Cl)cc2)[nH]c1=O. The Labute approximate surface area is 148 Å². The lowest BCUT2D eigenvalue weighted by Gasteiger charge is -2.05. The highest BCUT2D eigenvalue weighted by Crippen LogP contribution is 2.19. The number of aromatic nitrogens is 2. The molecule has 0 aliphatic rings. The fourth-order valence-corrected chi connectivity index (χ4v) is 2.28. The standard InChI is InChI=1S/C18H12ClN5O/c19-14-8-6-12(7-9-14)11-21-24-18-22-16(13-4-2-1-3-5-13)15(10-20)17(25)23-18/h1-9,11H,(H2,22,23,24,25). The summed E-state index contributed by atoms with van der Waals surface area (Å²) >= 11 is 5.83. The Morgan fingerprint density at radius 3 is 2.56 bits per heavy atom. The van der Waals surface area contributed by atoms with Crippen LogP contribution in [0.4, 0.5) is 5.95 Å². The Morgan fingerprint density at radius 2 is 1.88 bits per heavy atom. The molecule has 0 bridgehead atoms. The lowest BCUT2D eigenvalue weighted by Crippen LogP contribution is -2.16. The molecule has 25 heavy (non-hydrogen) atoms. The number of halogens is 1. The van der Waals surface area contributed by atoms with Gasteiger partial charge in [0.25, 0.3) is 5.56 Å². The average molecular weight is 350 g/mol. The minimum atomic E-state index is -0.527. The van der Waals surface area contributed by atoms with Crippen molar-refractivity contribution < 1.29 is 0 Å². The topological polar surface area (TPSA) is 93.9 Å². The van der Waals surface area contributed by atoms with Gasteiger partial charge in [-0.3, -0.25) is 9.78 Å². The third-order valence-corrected chi connectivity index (χ3v) is 3.58. The van der Waals surface area contributed by atoms with E-state index in [1.54, 1.807) is 42.6 Å². The van der Waals surface area contributed by atoms with Gasteiger partial charge in [-0.15, -0.1) is 0 Å². The molecule has 0 fully saturated rings. The summed E-state index contributed by atoms with van der Waals surface area (Å²) in [5.74, 6) is 0.146. The lowest BCUT2D eigenvalue weighted by molar-refractivity contribution is 1.08. The van der Waals surface area contributed by atoms with Crippen LogP contribution in [0.1, 0.15) is 11.1 Å². The normalized spacial score (nSPS) is 10.6. The largest absolute Gasteiger partial charge is 0.290 e. The van der Waals surface area contributed by atoms with Crippen LogP contribution in [-0.2, 0) is 0 Å². The highest BCUT2D eigenvalue weighted by molar-refractivity contribution is 6.30. The van der Waals surface area contributed by atoms with Gasteiger partial charge in [-0.1, -0.05) is 54.1 Å². The van der Waals surface area contributed by atoms with Crippen molar-refractivity contribution >= 4 is 23.8 Å². The third-order valence-electron chi connectivity index (χ3n) is 3.33. The molecule has 0 unspecified atom stereocenters. The fourth-order valence-electron chi connectivity index (χ4n) is 2.15. The molecule has 0 atom stereocenters. The first-order chi connectivity index (χ1) is 12.2. The van der Waals surface area contributed by atoms with Gasteiger partial charge in [-0.2, -0.15) is 10.4 Å². The Balaban J connectivity index is 1.90. The number of nitriles is 1. The van der Waals surface area contributed by atoms with Crippen molar-refractivity contribution in [2.75, 3.05) is 5.43 Å². The molecule has 3 aromatic rings. The molecule has 3 rings (SSSR count). The maximum absolute atomic E-state index is 12.1. The van der Waals surface area contributed by atoms with Gasteiger partial charge in [0, 0.05) is 10.6 Å². The molecule has 0 amide bonds. The molecule has 6 nitrogen and oxygen atoms in total. The third kappa shape index (κ3) is 3.91. The second-order valence-electron chi connectivity index (χ2n) is 5.04. The highest BCUT2D eigenvalue weighted by atomic mass is 35.5. The fraction of sp³-hybridized carbons (Fsp3) is 0. The smallest absolute Gasteiger partial charge is 0.270 e. The number of anilines is 1. The van der Waals surface area contributed by atoms with Crippen LogP contribution in [0.2, 0.25) is 5.02 Å². The van der Waals surface area contributed by atoms with E-state index in [-0.39, 0.29) is 11.5 Å². The predicted molar refractivity (Wildman–Crippen MR) is 97.7 cm³/mol. The van der Waals surface area contributed by atoms with Crippen LogP contribution in [0.5, 0.6) is 0 Å². The van der Waals surface area contributed by atoms with E-state index in [1.165, 1.54) is 0 Å². The van der Waals surface area contributed by atoms with Gasteiger partial charge in [-0.25, -0.2) is 10.4 Å². The first kappa shape index (κ1) is 16.4. The van der Waals surface area contributed by atoms with Crippen molar-refractivity contribution in [1.29, 1.82) is 5.26 Å². The number of benzene rings is 2. The van der Waals surface area contributed by atoms with Crippen molar-refractivity contribution in [3.05, 3.63) is 81.1 Å². The van der Waals surface area contributed by atoms with Gasteiger partial charge in [0.05, 0.1) is 11.9 Å². The number of nitrogens with one attached hydrogen (secondary N) is 2. The number of H-pyrrole nitrogens is 1. The molecule has 0 aliphatic carbocycles. The molecule has 2 N–H and O–H groups in total. The molecule has 0 aliphatic heterocycles. The lowest BCUT2D eigenvalue weighted by atomic mass is 10.1. The van der Waals surface area contributed by atoms with Gasteiger partial charge in [0.2, 0.25) is 5.95 Å². The molecule has 1 aromatic heterocycles. The van der Waals surface area contributed by atoms with Crippen LogP contribution < -0.4 is 11.0 Å². The Morgan fingerprint density at radius 1 is 1.16 bits per heavy atom. The van der Waals surface area contributed by atoms with Crippen molar-refractivity contribution in [1.82, 2.24) is 9.97 Å². The van der Waals surface area contributed by atoms with Gasteiger partial charge in [-0.05, 0) is 17.7 Å². The molecule has 122 valence electrons. The van der Waals surface area contributed by atoms with E-state index in [0.717, 1.165) is 5.56 Å². The zero-order valence-corrected chi connectivity index (χ0v) is 13.7. The molecule has 7 heteroatoms. The maximum Gasteiger partial charge on any atom is 0.270 e. The summed E-state index contributed by atoms with van der Waals surface area (Å²) in [6.07, 6.45) is 1.57. The van der Waals surface area contributed by atoms with E-state index >= 15 is 0 Å². The molecule has 0 radical (unpaired) electrons. The van der Waals surface area contributed by atoms with Gasteiger partial charge in [0.15, 0.2) is 0 Å². The van der Waals surface area contributed by atoms with Crippen molar-refractivity contribution in [3.63, 3.8) is 0 Å². The number of rotatable bonds is 4. The molecule has 0 saturated carbocycles. The summed E-state index contributed by atoms with van der Waals surface area (Å²) in [6.45, 7) is 0. The van der Waals surface area contributed by atoms with Crippen LogP contribution in [0.15, 0.2) is 64.5 Å². The quantitative estimate of drug-likeness (QED) is 0.557. The molecule has 1 heterocycles. The number of hydrogen-bond acceptors (Lipinski definition) is 5. The van der Waals surface area contributed by atoms with Crippen LogP contribution in [0.25, 0.3) is 11.3 Å². The first-order valence-corrected chi connectivity index (χ1v) is 7.69. The second kappa shape index (κ2) is 7.43. The zero-order chi connectivity index (χ0) is 17.6.